The largest absolute Gasteiger partial charge is 0.399 e. The third-order valence-electron chi connectivity index (χ3n) is 2.73. The number of nitrogen functional groups attached to an aromatic ring is 1. The summed E-state index contributed by atoms with van der Waals surface area (Å²) in [6, 6.07) is 3.25. The number of sulfonamides is 1. The van der Waals surface area contributed by atoms with Crippen LogP contribution >= 0.6 is 0 Å². The van der Waals surface area contributed by atoms with Crippen molar-refractivity contribution in [2.24, 2.45) is 0 Å². The van der Waals surface area contributed by atoms with Crippen LogP contribution in [0, 0.1) is 20.8 Å². The molecule has 2 rings (SSSR count). The van der Waals surface area contributed by atoms with Crippen molar-refractivity contribution < 1.29 is 12.9 Å². The van der Waals surface area contributed by atoms with E-state index in [1.165, 1.54) is 0 Å². The predicted molar refractivity (Wildman–Crippen MR) is 73.4 cm³/mol. The second-order valence-electron chi connectivity index (χ2n) is 4.54. The smallest absolute Gasteiger partial charge is 0.241 e. The first-order valence-corrected chi connectivity index (χ1v) is 7.43. The molecule has 1 aromatic heterocycles. The van der Waals surface area contributed by atoms with Crippen LogP contribution < -0.4 is 10.5 Å². The van der Waals surface area contributed by atoms with E-state index in [4.69, 9.17) is 10.3 Å². The molecule has 20 heavy (non-hydrogen) atoms. The van der Waals surface area contributed by atoms with E-state index >= 15 is 0 Å². The summed E-state index contributed by atoms with van der Waals surface area (Å²) in [6.45, 7) is 5.02. The maximum Gasteiger partial charge on any atom is 0.241 e. The van der Waals surface area contributed by atoms with Gasteiger partial charge in [0.25, 0.3) is 0 Å². The molecule has 1 aromatic carbocycles. The Bertz CT molecular complexity index is 714. The highest BCUT2D eigenvalue weighted by Crippen LogP contribution is 2.22. The van der Waals surface area contributed by atoms with E-state index in [-0.39, 0.29) is 17.3 Å². The van der Waals surface area contributed by atoms with Crippen LogP contribution in [0.4, 0.5) is 5.69 Å². The zero-order valence-electron chi connectivity index (χ0n) is 11.5. The number of hydrogen-bond acceptors (Lipinski definition) is 6. The molecule has 2 aromatic rings. The maximum atomic E-state index is 12.3. The molecule has 0 unspecified atom stereocenters. The standard InChI is InChI=1S/C12H16N4O3S/c1-7-4-10(13)5-8(2)12(7)20(17,18)14-6-11-15-9(3)16-19-11/h4-5,14H,6,13H2,1-3H3. The van der Waals surface area contributed by atoms with Crippen LogP contribution in [-0.4, -0.2) is 18.6 Å². The van der Waals surface area contributed by atoms with Gasteiger partial charge in [-0.05, 0) is 44.0 Å². The van der Waals surface area contributed by atoms with Crippen molar-refractivity contribution in [1.82, 2.24) is 14.9 Å². The summed E-state index contributed by atoms with van der Waals surface area (Å²) in [5.41, 5.74) is 7.41. The molecular weight excluding hydrogens is 280 g/mol. The molecule has 8 heteroatoms. The van der Waals surface area contributed by atoms with Gasteiger partial charge in [0.1, 0.15) is 0 Å². The maximum absolute atomic E-state index is 12.3. The molecule has 0 aliphatic rings. The van der Waals surface area contributed by atoms with Gasteiger partial charge in [-0.2, -0.15) is 4.98 Å². The number of nitrogens with two attached hydrogens (primary N) is 1. The number of anilines is 1. The molecule has 0 bridgehead atoms. The van der Waals surface area contributed by atoms with E-state index in [0.717, 1.165) is 0 Å². The summed E-state index contributed by atoms with van der Waals surface area (Å²) in [6.07, 6.45) is 0. The van der Waals surface area contributed by atoms with Gasteiger partial charge in [-0.3, -0.25) is 0 Å². The van der Waals surface area contributed by atoms with Crippen LogP contribution in [0.5, 0.6) is 0 Å². The fraction of sp³-hybridized carbons (Fsp3) is 0.333. The van der Waals surface area contributed by atoms with E-state index in [1.54, 1.807) is 32.9 Å². The highest BCUT2D eigenvalue weighted by Gasteiger charge is 2.20. The van der Waals surface area contributed by atoms with Crippen molar-refractivity contribution in [1.29, 1.82) is 0 Å². The molecule has 7 nitrogen and oxygen atoms in total. The second kappa shape index (κ2) is 5.22. The first-order valence-electron chi connectivity index (χ1n) is 5.95. The van der Waals surface area contributed by atoms with Gasteiger partial charge in [0.2, 0.25) is 15.9 Å². The lowest BCUT2D eigenvalue weighted by molar-refractivity contribution is 0.372. The van der Waals surface area contributed by atoms with E-state index in [1.807, 2.05) is 0 Å². The fourth-order valence-corrected chi connectivity index (χ4v) is 3.47. The van der Waals surface area contributed by atoms with Crippen molar-refractivity contribution in [3.05, 3.63) is 35.0 Å². The lowest BCUT2D eigenvalue weighted by Crippen LogP contribution is -2.25. The van der Waals surface area contributed by atoms with Crippen molar-refractivity contribution in [3.8, 4) is 0 Å². The normalized spacial score (nSPS) is 11.8. The van der Waals surface area contributed by atoms with Gasteiger partial charge in [0.05, 0.1) is 11.4 Å². The molecule has 0 amide bonds. The highest BCUT2D eigenvalue weighted by atomic mass is 32.2. The average Bonchev–Trinajstić information content (AvgIpc) is 2.71. The third kappa shape index (κ3) is 2.97. The number of benzene rings is 1. The van der Waals surface area contributed by atoms with Crippen LogP contribution in [0.15, 0.2) is 21.6 Å². The molecule has 0 atom stereocenters. The highest BCUT2D eigenvalue weighted by molar-refractivity contribution is 7.89. The van der Waals surface area contributed by atoms with Crippen LogP contribution in [0.25, 0.3) is 0 Å². The summed E-state index contributed by atoms with van der Waals surface area (Å²) in [5.74, 6) is 0.677. The van der Waals surface area contributed by atoms with Gasteiger partial charge in [-0.25, -0.2) is 13.1 Å². The number of rotatable bonds is 4. The minimum atomic E-state index is -3.66. The Morgan fingerprint density at radius 2 is 1.85 bits per heavy atom. The lowest BCUT2D eigenvalue weighted by Gasteiger charge is -2.12. The molecule has 0 spiro atoms. The second-order valence-corrected chi connectivity index (χ2v) is 6.25. The summed E-state index contributed by atoms with van der Waals surface area (Å²) in [4.78, 5) is 4.17. The van der Waals surface area contributed by atoms with Crippen molar-refractivity contribution >= 4 is 15.7 Å². The van der Waals surface area contributed by atoms with Crippen molar-refractivity contribution in [2.75, 3.05) is 5.73 Å². The van der Waals surface area contributed by atoms with E-state index in [9.17, 15) is 8.42 Å². The van der Waals surface area contributed by atoms with Gasteiger partial charge >= 0.3 is 0 Å². The molecule has 3 N–H and O–H groups in total. The molecule has 108 valence electrons. The Hall–Kier alpha value is -1.93. The Balaban J connectivity index is 2.27. The molecular formula is C12H16N4O3S. The monoisotopic (exact) mass is 296 g/mol. The first kappa shape index (κ1) is 14.5. The van der Waals surface area contributed by atoms with Gasteiger partial charge in [-0.15, -0.1) is 0 Å². The Kier molecular flexibility index (Phi) is 3.78. The number of nitrogens with one attached hydrogen (secondary N) is 1. The van der Waals surface area contributed by atoms with Crippen LogP contribution in [0.1, 0.15) is 22.8 Å². The first-order chi connectivity index (χ1) is 9.29. The zero-order valence-corrected chi connectivity index (χ0v) is 12.3. The van der Waals surface area contributed by atoms with E-state index < -0.39 is 10.0 Å². The summed E-state index contributed by atoms with van der Waals surface area (Å²) in [7, 11) is -3.66. The number of hydrogen-bond donors (Lipinski definition) is 2. The quantitative estimate of drug-likeness (QED) is 0.816. The molecule has 0 aliphatic heterocycles. The van der Waals surface area contributed by atoms with Crippen molar-refractivity contribution in [3.63, 3.8) is 0 Å². The SMILES string of the molecule is Cc1noc(CNS(=O)(=O)c2c(C)cc(N)cc2C)n1. The average molecular weight is 296 g/mol. The molecule has 0 radical (unpaired) electrons. The fourth-order valence-electron chi connectivity index (χ4n) is 2.05. The van der Waals surface area contributed by atoms with E-state index in [0.29, 0.717) is 22.6 Å². The molecule has 0 aliphatic carbocycles. The summed E-state index contributed by atoms with van der Waals surface area (Å²) in [5, 5.41) is 3.60. The number of aromatic nitrogens is 2. The van der Waals surface area contributed by atoms with Gasteiger partial charge < -0.3 is 10.3 Å². The molecule has 0 saturated heterocycles. The van der Waals surface area contributed by atoms with Gasteiger partial charge in [-0.1, -0.05) is 5.16 Å². The molecule has 1 heterocycles. The number of nitrogens with zero attached hydrogens (tertiary/aromatic N) is 2. The van der Waals surface area contributed by atoms with Gasteiger partial charge in [0, 0.05) is 5.69 Å². The lowest BCUT2D eigenvalue weighted by atomic mass is 10.1. The summed E-state index contributed by atoms with van der Waals surface area (Å²) < 4.78 is 32.0. The van der Waals surface area contributed by atoms with Crippen molar-refractivity contribution in [2.45, 2.75) is 32.2 Å². The van der Waals surface area contributed by atoms with Crippen LogP contribution in [0.2, 0.25) is 0 Å². The van der Waals surface area contributed by atoms with Gasteiger partial charge in [0.15, 0.2) is 5.82 Å². The Morgan fingerprint density at radius 1 is 1.25 bits per heavy atom. The van der Waals surface area contributed by atoms with E-state index in [2.05, 4.69) is 14.9 Å². The Labute approximate surface area is 117 Å². The summed E-state index contributed by atoms with van der Waals surface area (Å²) >= 11 is 0. The topological polar surface area (TPSA) is 111 Å². The third-order valence-corrected chi connectivity index (χ3v) is 4.44. The number of aryl methyl sites for hydroxylation is 3. The minimum absolute atomic E-state index is 0.0492. The Morgan fingerprint density at radius 3 is 2.35 bits per heavy atom. The molecule has 0 fully saturated rings. The van der Waals surface area contributed by atoms with Crippen LogP contribution in [-0.2, 0) is 16.6 Å². The van der Waals surface area contributed by atoms with Crippen LogP contribution in [0.3, 0.4) is 0 Å². The minimum Gasteiger partial charge on any atom is -0.399 e. The predicted octanol–water partition coefficient (Wildman–Crippen LogP) is 1.06. The molecule has 0 saturated carbocycles. The zero-order chi connectivity index (χ0) is 14.9.